The number of alkyl halides is 3. The first-order valence-electron chi connectivity index (χ1n) is 11.4. The molecule has 5 rings (SSSR count). The predicted molar refractivity (Wildman–Crippen MR) is 140 cm³/mol. The summed E-state index contributed by atoms with van der Waals surface area (Å²) < 4.78 is 42.3. The van der Waals surface area contributed by atoms with Crippen LogP contribution in [0.15, 0.2) is 72.9 Å². The standard InChI is InChI=1S/C26H20ClF3N6O2/c27-19-14-31-24-33-17-5-3-4-15(12-17)8-9-16-13-18(32-23(19)36-24)10-11-20(16)34-25(37)35-21-6-1-2-7-22(21)38-26(28,29)30/h1-7,10-14H,8-9H2,(H2,34,35,37)(H2,31,32,33,36). The maximum absolute atomic E-state index is 12.8. The third kappa shape index (κ3) is 6.24. The third-order valence-corrected chi connectivity index (χ3v) is 5.86. The molecule has 38 heavy (non-hydrogen) atoms. The highest BCUT2D eigenvalue weighted by Gasteiger charge is 2.32. The number of hydrogen-bond acceptors (Lipinski definition) is 6. The van der Waals surface area contributed by atoms with Gasteiger partial charge in [-0.15, -0.1) is 13.2 Å². The fraction of sp³-hybridized carbons (Fsp3) is 0.115. The summed E-state index contributed by atoms with van der Waals surface area (Å²) in [6.45, 7) is 0. The van der Waals surface area contributed by atoms with Crippen LogP contribution in [0.2, 0.25) is 5.02 Å². The van der Waals surface area contributed by atoms with Crippen LogP contribution in [0.25, 0.3) is 0 Å². The van der Waals surface area contributed by atoms with Crippen molar-refractivity contribution in [3.63, 3.8) is 0 Å². The molecule has 1 aliphatic rings. The molecular formula is C26H20ClF3N6O2. The lowest BCUT2D eigenvalue weighted by atomic mass is 10.0. The Morgan fingerprint density at radius 2 is 1.71 bits per heavy atom. The number of aryl methyl sites for hydroxylation is 2. The monoisotopic (exact) mass is 540 g/mol. The summed E-state index contributed by atoms with van der Waals surface area (Å²) in [5.41, 5.74) is 3.66. The molecule has 1 aliphatic heterocycles. The normalized spacial score (nSPS) is 12.5. The molecule has 194 valence electrons. The van der Waals surface area contributed by atoms with E-state index in [0.717, 1.165) is 22.9 Å². The zero-order valence-electron chi connectivity index (χ0n) is 19.6. The second-order valence-electron chi connectivity index (χ2n) is 8.34. The molecule has 0 spiro atoms. The zero-order chi connectivity index (χ0) is 26.7. The molecule has 0 radical (unpaired) electrons. The Kier molecular flexibility index (Phi) is 6.93. The minimum absolute atomic E-state index is 0.126. The van der Waals surface area contributed by atoms with E-state index in [1.54, 1.807) is 12.1 Å². The molecule has 12 heteroatoms. The summed E-state index contributed by atoms with van der Waals surface area (Å²) in [4.78, 5) is 21.5. The quantitative estimate of drug-likeness (QED) is 0.218. The molecule has 4 N–H and O–H groups in total. The summed E-state index contributed by atoms with van der Waals surface area (Å²) in [5, 5.41) is 11.8. The van der Waals surface area contributed by atoms with Crippen LogP contribution in [-0.2, 0) is 12.8 Å². The topological polar surface area (TPSA) is 100 Å². The third-order valence-electron chi connectivity index (χ3n) is 5.59. The van der Waals surface area contributed by atoms with E-state index >= 15 is 0 Å². The SMILES string of the molecule is O=C(Nc1ccc2cc1CCc1cccc(c1)Nc1ncc(Cl)c(n1)N2)Nc1ccccc1OC(F)(F)F. The first-order valence-corrected chi connectivity index (χ1v) is 11.8. The maximum atomic E-state index is 12.8. The Morgan fingerprint density at radius 3 is 2.55 bits per heavy atom. The largest absolute Gasteiger partial charge is 0.573 e. The first-order chi connectivity index (χ1) is 18.2. The smallest absolute Gasteiger partial charge is 0.404 e. The van der Waals surface area contributed by atoms with Crippen molar-refractivity contribution in [1.29, 1.82) is 0 Å². The molecule has 6 bridgehead atoms. The number of carbonyl (C=O) groups is 1. The molecular weight excluding hydrogens is 521 g/mol. The van der Waals surface area contributed by atoms with E-state index in [2.05, 4.69) is 36.0 Å². The molecule has 0 aliphatic carbocycles. The van der Waals surface area contributed by atoms with E-state index in [0.29, 0.717) is 41.0 Å². The van der Waals surface area contributed by atoms with Gasteiger partial charge in [0.2, 0.25) is 5.95 Å². The highest BCUT2D eigenvalue weighted by Crippen LogP contribution is 2.32. The van der Waals surface area contributed by atoms with Gasteiger partial charge < -0.3 is 26.0 Å². The first kappa shape index (κ1) is 25.2. The van der Waals surface area contributed by atoms with Gasteiger partial charge in [-0.05, 0) is 66.4 Å². The molecule has 0 atom stereocenters. The molecule has 2 heterocycles. The van der Waals surface area contributed by atoms with Crippen LogP contribution < -0.4 is 26.0 Å². The van der Waals surface area contributed by atoms with Gasteiger partial charge in [0.15, 0.2) is 11.6 Å². The van der Waals surface area contributed by atoms with Crippen LogP contribution in [0.4, 0.5) is 52.5 Å². The molecule has 4 aromatic rings. The number of nitrogens with zero attached hydrogens (tertiary/aromatic N) is 2. The highest BCUT2D eigenvalue weighted by atomic mass is 35.5. The van der Waals surface area contributed by atoms with Gasteiger partial charge in [-0.1, -0.05) is 35.9 Å². The highest BCUT2D eigenvalue weighted by molar-refractivity contribution is 6.32. The van der Waals surface area contributed by atoms with Gasteiger partial charge in [0.1, 0.15) is 5.02 Å². The Hall–Kier alpha value is -4.51. The molecule has 0 saturated carbocycles. The Labute approximate surface area is 220 Å². The van der Waals surface area contributed by atoms with Gasteiger partial charge in [-0.3, -0.25) is 0 Å². The number of anilines is 6. The van der Waals surface area contributed by atoms with Gasteiger partial charge in [-0.2, -0.15) is 4.98 Å². The fourth-order valence-corrected chi connectivity index (χ4v) is 4.06. The molecule has 8 nitrogen and oxygen atoms in total. The number of fused-ring (bicyclic) bond motifs is 6. The van der Waals surface area contributed by atoms with Crippen molar-refractivity contribution in [3.05, 3.63) is 89.1 Å². The summed E-state index contributed by atoms with van der Waals surface area (Å²) in [5.74, 6) is 0.249. The van der Waals surface area contributed by atoms with Gasteiger partial charge in [0, 0.05) is 17.1 Å². The number of amides is 2. The molecule has 2 amide bonds. The van der Waals surface area contributed by atoms with Crippen molar-refractivity contribution in [3.8, 4) is 5.75 Å². The summed E-state index contributed by atoms with van der Waals surface area (Å²) in [7, 11) is 0. The minimum Gasteiger partial charge on any atom is -0.404 e. The van der Waals surface area contributed by atoms with E-state index in [1.165, 1.54) is 24.4 Å². The molecule has 3 aromatic carbocycles. The van der Waals surface area contributed by atoms with Crippen molar-refractivity contribution in [2.75, 3.05) is 21.3 Å². The molecule has 0 fully saturated rings. The van der Waals surface area contributed by atoms with Crippen molar-refractivity contribution < 1.29 is 22.7 Å². The number of carbonyl (C=O) groups excluding carboxylic acids is 1. The number of nitrogens with one attached hydrogen (secondary N) is 4. The minimum atomic E-state index is -4.90. The average Bonchev–Trinajstić information content (AvgIpc) is 2.86. The van der Waals surface area contributed by atoms with Crippen LogP contribution in [0.1, 0.15) is 11.1 Å². The second-order valence-corrected chi connectivity index (χ2v) is 8.74. The fourth-order valence-electron chi connectivity index (χ4n) is 3.92. The van der Waals surface area contributed by atoms with Gasteiger partial charge >= 0.3 is 12.4 Å². The number of para-hydroxylation sites is 2. The molecule has 1 aromatic heterocycles. The number of urea groups is 1. The lowest BCUT2D eigenvalue weighted by Crippen LogP contribution is -2.23. The van der Waals surface area contributed by atoms with Crippen LogP contribution in [0.3, 0.4) is 0 Å². The number of hydrogen-bond donors (Lipinski definition) is 4. The molecule has 0 saturated heterocycles. The molecule has 0 unspecified atom stereocenters. The van der Waals surface area contributed by atoms with Crippen LogP contribution >= 0.6 is 11.6 Å². The van der Waals surface area contributed by atoms with Crippen molar-refractivity contribution in [2.45, 2.75) is 19.2 Å². The lowest BCUT2D eigenvalue weighted by Gasteiger charge is -2.16. The van der Waals surface area contributed by atoms with Crippen molar-refractivity contribution >= 4 is 52.1 Å². The summed E-state index contributed by atoms with van der Waals surface area (Å²) in [6.07, 6.45) is -2.20. The lowest BCUT2D eigenvalue weighted by molar-refractivity contribution is -0.274. The Bertz CT molecular complexity index is 1500. The number of rotatable bonds is 3. The predicted octanol–water partition coefficient (Wildman–Crippen LogP) is 7.26. The van der Waals surface area contributed by atoms with Crippen LogP contribution in [-0.4, -0.2) is 22.4 Å². The average molecular weight is 541 g/mol. The van der Waals surface area contributed by atoms with E-state index < -0.39 is 18.1 Å². The van der Waals surface area contributed by atoms with E-state index in [4.69, 9.17) is 11.6 Å². The number of ether oxygens (including phenoxy) is 1. The Balaban J connectivity index is 1.42. The van der Waals surface area contributed by atoms with Crippen LogP contribution in [0, 0.1) is 0 Å². The number of benzene rings is 3. The van der Waals surface area contributed by atoms with Gasteiger partial charge in [0.05, 0.1) is 11.9 Å². The number of halogens is 4. The van der Waals surface area contributed by atoms with Gasteiger partial charge in [-0.25, -0.2) is 9.78 Å². The second kappa shape index (κ2) is 10.5. The zero-order valence-corrected chi connectivity index (χ0v) is 20.3. The van der Waals surface area contributed by atoms with E-state index in [9.17, 15) is 18.0 Å². The maximum Gasteiger partial charge on any atom is 0.573 e. The van der Waals surface area contributed by atoms with E-state index in [1.807, 2.05) is 30.3 Å². The van der Waals surface area contributed by atoms with Crippen molar-refractivity contribution in [1.82, 2.24) is 9.97 Å². The van der Waals surface area contributed by atoms with Crippen LogP contribution in [0.5, 0.6) is 5.75 Å². The van der Waals surface area contributed by atoms with Crippen molar-refractivity contribution in [2.24, 2.45) is 0 Å². The summed E-state index contributed by atoms with van der Waals surface area (Å²) in [6, 6.07) is 17.6. The van der Waals surface area contributed by atoms with Gasteiger partial charge in [0.25, 0.3) is 0 Å². The Morgan fingerprint density at radius 1 is 0.921 bits per heavy atom. The summed E-state index contributed by atoms with van der Waals surface area (Å²) >= 11 is 6.30. The van der Waals surface area contributed by atoms with E-state index in [-0.39, 0.29) is 5.69 Å². The number of aromatic nitrogens is 2.